The van der Waals surface area contributed by atoms with E-state index in [0.717, 1.165) is 44.0 Å². The molecule has 5 amide bonds. The molecule has 4 rings (SSSR count). The summed E-state index contributed by atoms with van der Waals surface area (Å²) >= 11 is 0. The number of piperazine rings is 1. The third-order valence-corrected chi connectivity index (χ3v) is 5.97. The van der Waals surface area contributed by atoms with Crippen molar-refractivity contribution in [2.24, 2.45) is 0 Å². The second-order valence-corrected chi connectivity index (χ2v) is 8.21. The van der Waals surface area contributed by atoms with Gasteiger partial charge in [-0.25, -0.2) is 0 Å². The molecule has 0 aliphatic carbocycles. The lowest BCUT2D eigenvalue weighted by Gasteiger charge is -2.27. The quantitative estimate of drug-likeness (QED) is 0.330. The number of benzene rings is 1. The van der Waals surface area contributed by atoms with E-state index in [-0.39, 0.29) is 42.2 Å². The van der Waals surface area contributed by atoms with Crippen LogP contribution in [-0.4, -0.2) is 91.3 Å². The highest BCUT2D eigenvalue weighted by Crippen LogP contribution is 2.33. The van der Waals surface area contributed by atoms with E-state index in [9.17, 15) is 24.0 Å². The average Bonchev–Trinajstić information content (AvgIpc) is 3.07. The SMILES string of the molecule is O=C(COc1cccc2c1C(=O)N(C1CCC(=O)NC1=O)C2=O)NCCCN1CCNCC1. The van der Waals surface area contributed by atoms with Gasteiger partial charge in [0.2, 0.25) is 11.8 Å². The Balaban J connectivity index is 1.32. The summed E-state index contributed by atoms with van der Waals surface area (Å²) in [4.78, 5) is 64.8. The number of carbonyl (C=O) groups excluding carboxylic acids is 5. The number of nitrogens with zero attached hydrogens (tertiary/aromatic N) is 2. The van der Waals surface area contributed by atoms with Crippen molar-refractivity contribution >= 4 is 29.5 Å². The minimum Gasteiger partial charge on any atom is -0.483 e. The van der Waals surface area contributed by atoms with Crippen LogP contribution in [0.3, 0.4) is 0 Å². The number of amides is 5. The number of hydrogen-bond acceptors (Lipinski definition) is 8. The van der Waals surface area contributed by atoms with Crippen molar-refractivity contribution in [1.82, 2.24) is 25.8 Å². The third-order valence-electron chi connectivity index (χ3n) is 5.97. The highest BCUT2D eigenvalue weighted by Gasteiger charge is 2.46. The van der Waals surface area contributed by atoms with Crippen LogP contribution < -0.4 is 20.7 Å². The van der Waals surface area contributed by atoms with Crippen LogP contribution in [0.15, 0.2) is 18.2 Å². The van der Waals surface area contributed by atoms with Crippen molar-refractivity contribution in [3.63, 3.8) is 0 Å². The maximum absolute atomic E-state index is 13.0. The zero-order chi connectivity index (χ0) is 23.4. The molecule has 1 unspecified atom stereocenters. The highest BCUT2D eigenvalue weighted by molar-refractivity contribution is 6.24. The van der Waals surface area contributed by atoms with E-state index >= 15 is 0 Å². The summed E-state index contributed by atoms with van der Waals surface area (Å²) in [6.45, 7) is 5.07. The number of fused-ring (bicyclic) bond motifs is 1. The summed E-state index contributed by atoms with van der Waals surface area (Å²) in [6, 6.07) is 3.49. The van der Waals surface area contributed by atoms with Crippen molar-refractivity contribution in [3.05, 3.63) is 29.3 Å². The molecule has 0 bridgehead atoms. The smallest absolute Gasteiger partial charge is 0.266 e. The second kappa shape index (κ2) is 10.1. The minimum atomic E-state index is -1.05. The fourth-order valence-corrected chi connectivity index (χ4v) is 4.26. The Kier molecular flexibility index (Phi) is 6.99. The van der Waals surface area contributed by atoms with E-state index in [1.54, 1.807) is 6.07 Å². The molecule has 3 N–H and O–H groups in total. The topological polar surface area (TPSA) is 137 Å². The van der Waals surface area contributed by atoms with Gasteiger partial charge in [-0.3, -0.25) is 34.2 Å². The van der Waals surface area contributed by atoms with Gasteiger partial charge in [-0.05, 0) is 31.5 Å². The highest BCUT2D eigenvalue weighted by atomic mass is 16.5. The van der Waals surface area contributed by atoms with Gasteiger partial charge in [-0.15, -0.1) is 0 Å². The molecule has 3 aliphatic heterocycles. The van der Waals surface area contributed by atoms with Crippen LogP contribution in [0.2, 0.25) is 0 Å². The first-order valence-corrected chi connectivity index (χ1v) is 11.1. The molecular formula is C22H27N5O6. The maximum atomic E-state index is 13.0. The molecule has 11 heteroatoms. The first-order chi connectivity index (χ1) is 16.0. The fraction of sp³-hybridized carbons (Fsp3) is 0.500. The van der Waals surface area contributed by atoms with Crippen molar-refractivity contribution in [2.45, 2.75) is 25.3 Å². The Labute approximate surface area is 190 Å². The lowest BCUT2D eigenvalue weighted by atomic mass is 10.0. The van der Waals surface area contributed by atoms with Crippen LogP contribution in [0.5, 0.6) is 5.75 Å². The van der Waals surface area contributed by atoms with Crippen molar-refractivity contribution in [2.75, 3.05) is 45.9 Å². The normalized spacial score (nSPS) is 21.1. The van der Waals surface area contributed by atoms with Gasteiger partial charge in [0.05, 0.1) is 11.1 Å². The number of nitrogens with one attached hydrogen (secondary N) is 3. The molecule has 176 valence electrons. The van der Waals surface area contributed by atoms with Crippen LogP contribution in [0.4, 0.5) is 0 Å². The van der Waals surface area contributed by atoms with Gasteiger partial charge in [0.25, 0.3) is 17.7 Å². The van der Waals surface area contributed by atoms with Crippen molar-refractivity contribution < 1.29 is 28.7 Å². The lowest BCUT2D eigenvalue weighted by Crippen LogP contribution is -2.54. The third kappa shape index (κ3) is 5.04. The molecule has 3 heterocycles. The van der Waals surface area contributed by atoms with E-state index in [2.05, 4.69) is 20.9 Å². The van der Waals surface area contributed by atoms with Gasteiger partial charge in [-0.2, -0.15) is 0 Å². The first-order valence-electron chi connectivity index (χ1n) is 11.1. The number of hydrogen-bond donors (Lipinski definition) is 3. The predicted octanol–water partition coefficient (Wildman–Crippen LogP) is -1.12. The first kappa shape index (κ1) is 22.9. The van der Waals surface area contributed by atoms with E-state index in [4.69, 9.17) is 4.74 Å². The van der Waals surface area contributed by atoms with Crippen LogP contribution in [-0.2, 0) is 14.4 Å². The van der Waals surface area contributed by atoms with Gasteiger partial charge in [-0.1, -0.05) is 6.07 Å². The Morgan fingerprint density at radius 1 is 1.12 bits per heavy atom. The van der Waals surface area contributed by atoms with Gasteiger partial charge in [0, 0.05) is 39.1 Å². The number of rotatable bonds is 8. The average molecular weight is 457 g/mol. The summed E-state index contributed by atoms with van der Waals surface area (Å²) < 4.78 is 5.57. The summed E-state index contributed by atoms with van der Waals surface area (Å²) in [7, 11) is 0. The molecule has 0 radical (unpaired) electrons. The number of imide groups is 2. The molecule has 2 fully saturated rings. The summed E-state index contributed by atoms with van der Waals surface area (Å²) in [5.41, 5.74) is 0.136. The Morgan fingerprint density at radius 3 is 2.67 bits per heavy atom. The Bertz CT molecular complexity index is 974. The molecule has 3 aliphatic rings. The summed E-state index contributed by atoms with van der Waals surface area (Å²) in [6.07, 6.45) is 0.936. The monoisotopic (exact) mass is 457 g/mol. The number of piperidine rings is 1. The molecule has 11 nitrogen and oxygen atoms in total. The summed E-state index contributed by atoms with van der Waals surface area (Å²) in [5.74, 6) is -2.62. The maximum Gasteiger partial charge on any atom is 0.266 e. The zero-order valence-corrected chi connectivity index (χ0v) is 18.2. The van der Waals surface area contributed by atoms with E-state index < -0.39 is 29.7 Å². The molecule has 0 aromatic heterocycles. The zero-order valence-electron chi connectivity index (χ0n) is 18.2. The van der Waals surface area contributed by atoms with Gasteiger partial charge < -0.3 is 20.3 Å². The number of carbonyl (C=O) groups is 5. The van der Waals surface area contributed by atoms with E-state index in [1.807, 2.05) is 0 Å². The van der Waals surface area contributed by atoms with E-state index in [0.29, 0.717) is 6.54 Å². The van der Waals surface area contributed by atoms with Crippen molar-refractivity contribution in [1.29, 1.82) is 0 Å². The van der Waals surface area contributed by atoms with Crippen LogP contribution in [0.25, 0.3) is 0 Å². The lowest BCUT2D eigenvalue weighted by molar-refractivity contribution is -0.136. The molecule has 2 saturated heterocycles. The molecule has 1 aromatic carbocycles. The molecule has 1 atom stereocenters. The van der Waals surface area contributed by atoms with Crippen LogP contribution in [0, 0.1) is 0 Å². The molecule has 0 saturated carbocycles. The predicted molar refractivity (Wildman–Crippen MR) is 116 cm³/mol. The number of ether oxygens (including phenoxy) is 1. The standard InChI is InChI=1S/C22H27N5O6/c28-17-6-5-15(20(30)25-17)27-21(31)14-3-1-4-16(19(14)22(27)32)33-13-18(29)24-7-2-10-26-11-8-23-9-12-26/h1,3-4,15,23H,2,5-13H2,(H,24,29)(H,25,28,30). The second-order valence-electron chi connectivity index (χ2n) is 8.21. The van der Waals surface area contributed by atoms with Gasteiger partial charge in [0.15, 0.2) is 6.61 Å². The Hall–Kier alpha value is -3.31. The molecule has 0 spiro atoms. The van der Waals surface area contributed by atoms with E-state index in [1.165, 1.54) is 12.1 Å². The van der Waals surface area contributed by atoms with Crippen LogP contribution >= 0.6 is 0 Å². The Morgan fingerprint density at radius 2 is 1.91 bits per heavy atom. The molecular weight excluding hydrogens is 430 g/mol. The molecule has 1 aromatic rings. The van der Waals surface area contributed by atoms with Crippen molar-refractivity contribution in [3.8, 4) is 5.75 Å². The largest absolute Gasteiger partial charge is 0.483 e. The fourth-order valence-electron chi connectivity index (χ4n) is 4.26. The minimum absolute atomic E-state index is 0.0266. The summed E-state index contributed by atoms with van der Waals surface area (Å²) in [5, 5.41) is 8.25. The van der Waals surface area contributed by atoms with Crippen LogP contribution in [0.1, 0.15) is 40.0 Å². The van der Waals surface area contributed by atoms with Gasteiger partial charge >= 0.3 is 0 Å². The van der Waals surface area contributed by atoms with Gasteiger partial charge in [0.1, 0.15) is 11.8 Å². The molecule has 33 heavy (non-hydrogen) atoms.